The minimum atomic E-state index is 0.582. The first-order valence-electron chi connectivity index (χ1n) is 5.95. The second kappa shape index (κ2) is 5.36. The number of aryl methyl sites for hydroxylation is 2. The highest BCUT2D eigenvalue weighted by molar-refractivity contribution is 6.33. The number of hydrogen-bond donors (Lipinski definition) is 0. The molecule has 0 aliphatic rings. The Morgan fingerprint density at radius 1 is 1.39 bits per heavy atom. The molecule has 0 bridgehead atoms. The number of hydrogen-bond acceptors (Lipinski definition) is 2. The summed E-state index contributed by atoms with van der Waals surface area (Å²) in [5.74, 6) is 0. The monoisotopic (exact) mass is 262 g/mol. The summed E-state index contributed by atoms with van der Waals surface area (Å²) in [5.41, 5.74) is 3.47. The predicted molar refractivity (Wildman–Crippen MR) is 73.1 cm³/mol. The van der Waals surface area contributed by atoms with Gasteiger partial charge in [-0.05, 0) is 19.4 Å². The lowest BCUT2D eigenvalue weighted by molar-refractivity contribution is 0.112. The van der Waals surface area contributed by atoms with E-state index in [-0.39, 0.29) is 0 Å². The molecule has 0 fully saturated rings. The summed E-state index contributed by atoms with van der Waals surface area (Å²) in [6.07, 6.45) is 3.84. The molecule has 1 aromatic carbocycles. The SMILES string of the molecule is CCCn1cc(-c2ccc(C=O)cc2Cl)c(C)n1. The van der Waals surface area contributed by atoms with E-state index in [1.54, 1.807) is 12.1 Å². The molecule has 0 spiro atoms. The molecule has 0 N–H and O–H groups in total. The van der Waals surface area contributed by atoms with Crippen LogP contribution in [0.25, 0.3) is 11.1 Å². The number of benzene rings is 1. The summed E-state index contributed by atoms with van der Waals surface area (Å²) < 4.78 is 1.93. The van der Waals surface area contributed by atoms with Crippen LogP contribution < -0.4 is 0 Å². The Hall–Kier alpha value is -1.61. The normalized spacial score (nSPS) is 10.6. The first kappa shape index (κ1) is 12.8. The van der Waals surface area contributed by atoms with Gasteiger partial charge < -0.3 is 0 Å². The van der Waals surface area contributed by atoms with Crippen LogP contribution in [0.1, 0.15) is 29.4 Å². The van der Waals surface area contributed by atoms with Gasteiger partial charge in [-0.2, -0.15) is 5.10 Å². The summed E-state index contributed by atoms with van der Waals surface area (Å²) in [6, 6.07) is 5.32. The van der Waals surface area contributed by atoms with Gasteiger partial charge in [0.15, 0.2) is 0 Å². The van der Waals surface area contributed by atoms with Crippen molar-refractivity contribution >= 4 is 17.9 Å². The number of carbonyl (C=O) groups excluding carboxylic acids is 1. The van der Waals surface area contributed by atoms with E-state index in [0.29, 0.717) is 10.6 Å². The van der Waals surface area contributed by atoms with Crippen LogP contribution in [0.15, 0.2) is 24.4 Å². The predicted octanol–water partition coefficient (Wildman–Crippen LogP) is 3.73. The van der Waals surface area contributed by atoms with Crippen molar-refractivity contribution in [1.82, 2.24) is 9.78 Å². The van der Waals surface area contributed by atoms with Crippen LogP contribution in [0, 0.1) is 6.92 Å². The summed E-state index contributed by atoms with van der Waals surface area (Å²) in [7, 11) is 0. The molecule has 1 heterocycles. The van der Waals surface area contributed by atoms with Gasteiger partial charge in [0.2, 0.25) is 0 Å². The van der Waals surface area contributed by atoms with Crippen molar-refractivity contribution in [3.63, 3.8) is 0 Å². The number of nitrogens with zero attached hydrogens (tertiary/aromatic N) is 2. The summed E-state index contributed by atoms with van der Waals surface area (Å²) >= 11 is 6.21. The second-order valence-electron chi connectivity index (χ2n) is 4.25. The molecule has 2 rings (SSSR count). The second-order valence-corrected chi connectivity index (χ2v) is 4.66. The Bertz CT molecular complexity index is 575. The first-order chi connectivity index (χ1) is 8.65. The number of aldehydes is 1. The fourth-order valence-electron chi connectivity index (χ4n) is 1.95. The largest absolute Gasteiger partial charge is 0.298 e. The molecule has 0 atom stereocenters. The van der Waals surface area contributed by atoms with Crippen molar-refractivity contribution in [2.45, 2.75) is 26.8 Å². The van der Waals surface area contributed by atoms with Crippen molar-refractivity contribution in [3.05, 3.63) is 40.7 Å². The molecule has 0 saturated carbocycles. The van der Waals surface area contributed by atoms with E-state index in [1.165, 1.54) is 0 Å². The Morgan fingerprint density at radius 2 is 2.17 bits per heavy atom. The Morgan fingerprint density at radius 3 is 2.78 bits per heavy atom. The van der Waals surface area contributed by atoms with Gasteiger partial charge in [0.1, 0.15) is 6.29 Å². The van der Waals surface area contributed by atoms with Crippen LogP contribution in [0.5, 0.6) is 0 Å². The van der Waals surface area contributed by atoms with Gasteiger partial charge in [-0.1, -0.05) is 30.7 Å². The molecule has 4 heteroatoms. The molecule has 0 saturated heterocycles. The van der Waals surface area contributed by atoms with Crippen LogP contribution in [-0.4, -0.2) is 16.1 Å². The van der Waals surface area contributed by atoms with Gasteiger partial charge in [0, 0.05) is 34.5 Å². The molecule has 2 aromatic rings. The molecule has 18 heavy (non-hydrogen) atoms. The lowest BCUT2D eigenvalue weighted by Crippen LogP contribution is -1.96. The highest BCUT2D eigenvalue weighted by atomic mass is 35.5. The van der Waals surface area contributed by atoms with Crippen molar-refractivity contribution in [2.24, 2.45) is 0 Å². The molecule has 0 amide bonds. The standard InChI is InChI=1S/C14H15ClN2O/c1-3-6-17-8-13(10(2)16-17)12-5-4-11(9-18)7-14(12)15/h4-5,7-9H,3,6H2,1-2H3. The van der Waals surface area contributed by atoms with E-state index < -0.39 is 0 Å². The Labute approximate surface area is 111 Å². The van der Waals surface area contributed by atoms with Crippen molar-refractivity contribution < 1.29 is 4.79 Å². The maximum atomic E-state index is 10.7. The smallest absolute Gasteiger partial charge is 0.150 e. The summed E-state index contributed by atoms with van der Waals surface area (Å²) in [5, 5.41) is 5.03. The average Bonchev–Trinajstić information content (AvgIpc) is 2.70. The minimum Gasteiger partial charge on any atom is -0.298 e. The minimum absolute atomic E-state index is 0.582. The molecular weight excluding hydrogens is 248 g/mol. The van der Waals surface area contributed by atoms with Gasteiger partial charge in [-0.15, -0.1) is 0 Å². The molecule has 0 aliphatic heterocycles. The number of halogens is 1. The number of carbonyl (C=O) groups is 1. The fourth-order valence-corrected chi connectivity index (χ4v) is 2.24. The highest BCUT2D eigenvalue weighted by Gasteiger charge is 2.10. The molecule has 0 aliphatic carbocycles. The van der Waals surface area contributed by atoms with Gasteiger partial charge in [0.05, 0.1) is 5.69 Å². The maximum Gasteiger partial charge on any atom is 0.150 e. The van der Waals surface area contributed by atoms with Crippen molar-refractivity contribution in [3.8, 4) is 11.1 Å². The van der Waals surface area contributed by atoms with Gasteiger partial charge in [0.25, 0.3) is 0 Å². The van der Waals surface area contributed by atoms with E-state index in [2.05, 4.69) is 12.0 Å². The zero-order chi connectivity index (χ0) is 13.1. The lowest BCUT2D eigenvalue weighted by Gasteiger charge is -2.03. The third-order valence-electron chi connectivity index (χ3n) is 2.82. The van der Waals surface area contributed by atoms with Crippen LogP contribution >= 0.6 is 11.6 Å². The van der Waals surface area contributed by atoms with Crippen LogP contribution in [-0.2, 0) is 6.54 Å². The molecule has 0 radical (unpaired) electrons. The van der Waals surface area contributed by atoms with Crippen LogP contribution in [0.4, 0.5) is 0 Å². The molecule has 3 nitrogen and oxygen atoms in total. The summed E-state index contributed by atoms with van der Waals surface area (Å²) in [6.45, 7) is 4.97. The lowest BCUT2D eigenvalue weighted by atomic mass is 10.1. The van der Waals surface area contributed by atoms with Crippen LogP contribution in [0.2, 0.25) is 5.02 Å². The van der Waals surface area contributed by atoms with Crippen molar-refractivity contribution in [2.75, 3.05) is 0 Å². The van der Waals surface area contributed by atoms with Gasteiger partial charge >= 0.3 is 0 Å². The number of aromatic nitrogens is 2. The van der Waals surface area contributed by atoms with Crippen LogP contribution in [0.3, 0.4) is 0 Å². The van der Waals surface area contributed by atoms with E-state index >= 15 is 0 Å². The van der Waals surface area contributed by atoms with E-state index in [4.69, 9.17) is 11.6 Å². The molecule has 0 unspecified atom stereocenters. The zero-order valence-corrected chi connectivity index (χ0v) is 11.2. The first-order valence-corrected chi connectivity index (χ1v) is 6.32. The maximum absolute atomic E-state index is 10.7. The van der Waals surface area contributed by atoms with E-state index in [0.717, 1.165) is 36.1 Å². The molecular formula is C14H15ClN2O. The molecule has 94 valence electrons. The third kappa shape index (κ3) is 2.46. The molecule has 1 aromatic heterocycles. The van der Waals surface area contributed by atoms with E-state index in [9.17, 15) is 4.79 Å². The van der Waals surface area contributed by atoms with Crippen molar-refractivity contribution in [1.29, 1.82) is 0 Å². The van der Waals surface area contributed by atoms with Gasteiger partial charge in [-0.3, -0.25) is 9.48 Å². The average molecular weight is 263 g/mol. The topological polar surface area (TPSA) is 34.9 Å². The Kier molecular flexibility index (Phi) is 3.82. The Balaban J connectivity index is 2.44. The van der Waals surface area contributed by atoms with Gasteiger partial charge in [-0.25, -0.2) is 0 Å². The van der Waals surface area contributed by atoms with E-state index in [1.807, 2.05) is 23.9 Å². The number of rotatable bonds is 4. The fraction of sp³-hybridized carbons (Fsp3) is 0.286. The quantitative estimate of drug-likeness (QED) is 0.787. The third-order valence-corrected chi connectivity index (χ3v) is 3.13. The summed E-state index contributed by atoms with van der Waals surface area (Å²) in [4.78, 5) is 10.7. The zero-order valence-electron chi connectivity index (χ0n) is 10.5. The highest BCUT2D eigenvalue weighted by Crippen LogP contribution is 2.30.